The Morgan fingerprint density at radius 2 is 1.70 bits per heavy atom. The van der Waals surface area contributed by atoms with Gasteiger partial charge in [-0.05, 0) is 75.3 Å². The summed E-state index contributed by atoms with van der Waals surface area (Å²) in [6.07, 6.45) is 3.85. The van der Waals surface area contributed by atoms with E-state index in [0.29, 0.717) is 22.5 Å². The molecule has 0 atom stereocenters. The number of amides is 2. The van der Waals surface area contributed by atoms with E-state index < -0.39 is 0 Å². The number of hydrogen-bond acceptors (Lipinski definition) is 4. The van der Waals surface area contributed by atoms with Gasteiger partial charge in [-0.1, -0.05) is 29.4 Å². The lowest BCUT2D eigenvalue weighted by atomic mass is 9.78. The Morgan fingerprint density at radius 3 is 2.40 bits per heavy atom. The predicted molar refractivity (Wildman–Crippen MR) is 116 cm³/mol. The molecular weight excluding hydrogens is 378 g/mol. The van der Waals surface area contributed by atoms with E-state index in [-0.39, 0.29) is 29.5 Å². The summed E-state index contributed by atoms with van der Waals surface area (Å²) in [6.45, 7) is 3.99. The molecule has 0 spiro atoms. The zero-order valence-corrected chi connectivity index (χ0v) is 17.4. The number of carbonyl (C=O) groups excluding carboxylic acids is 2. The number of benzene rings is 2. The number of hydrogen-bond donors (Lipinski definition) is 2. The number of carbonyl (C=O) groups is 2. The van der Waals surface area contributed by atoms with Crippen molar-refractivity contribution < 1.29 is 14.1 Å². The van der Waals surface area contributed by atoms with E-state index in [4.69, 9.17) is 4.52 Å². The molecule has 0 radical (unpaired) electrons. The Morgan fingerprint density at radius 1 is 1.00 bits per heavy atom. The summed E-state index contributed by atoms with van der Waals surface area (Å²) in [6, 6.07) is 15.5. The highest BCUT2D eigenvalue weighted by Gasteiger charge is 2.27. The van der Waals surface area contributed by atoms with Gasteiger partial charge in [0.05, 0.1) is 5.39 Å². The number of rotatable bonds is 5. The fourth-order valence-corrected chi connectivity index (χ4v) is 4.17. The topological polar surface area (TPSA) is 84.2 Å². The van der Waals surface area contributed by atoms with E-state index in [2.05, 4.69) is 27.9 Å². The minimum absolute atomic E-state index is 0.124. The zero-order valence-electron chi connectivity index (χ0n) is 17.4. The first-order valence-electron chi connectivity index (χ1n) is 10.6. The number of fused-ring (bicyclic) bond motifs is 1. The molecule has 0 aliphatic heterocycles. The van der Waals surface area contributed by atoms with E-state index in [9.17, 15) is 9.59 Å². The van der Waals surface area contributed by atoms with Crippen LogP contribution in [0.15, 0.2) is 53.1 Å². The van der Waals surface area contributed by atoms with Crippen molar-refractivity contribution in [3.05, 3.63) is 59.9 Å². The van der Waals surface area contributed by atoms with Gasteiger partial charge in [0.2, 0.25) is 11.7 Å². The standard InChI is InChI=1S/C24H27N3O3/c1-15(2)25-23(28)18-9-7-16(8-10-18)17-11-13-19(14-12-17)26-24(29)22-20-5-3-4-6-21(20)27-30-22/h3-6,11-16,18H,7-10H2,1-2H3,(H,25,28)(H,26,29)/t16-,18-. The van der Waals surface area contributed by atoms with Crippen LogP contribution in [-0.4, -0.2) is 23.0 Å². The molecule has 4 rings (SSSR count). The van der Waals surface area contributed by atoms with E-state index in [1.54, 1.807) is 0 Å². The van der Waals surface area contributed by atoms with Gasteiger partial charge in [-0.25, -0.2) is 0 Å². The Bertz CT molecular complexity index is 1030. The minimum Gasteiger partial charge on any atom is -0.354 e. The summed E-state index contributed by atoms with van der Waals surface area (Å²) in [5, 5.41) is 10.5. The van der Waals surface area contributed by atoms with Crippen LogP contribution in [0.25, 0.3) is 10.9 Å². The summed E-state index contributed by atoms with van der Waals surface area (Å²) < 4.78 is 5.23. The summed E-state index contributed by atoms with van der Waals surface area (Å²) >= 11 is 0. The van der Waals surface area contributed by atoms with E-state index in [1.807, 2.05) is 50.2 Å². The van der Waals surface area contributed by atoms with E-state index in [1.165, 1.54) is 5.56 Å². The van der Waals surface area contributed by atoms with Crippen LogP contribution in [0.1, 0.15) is 61.6 Å². The van der Waals surface area contributed by atoms with Crippen LogP contribution in [-0.2, 0) is 4.79 Å². The van der Waals surface area contributed by atoms with Gasteiger partial charge in [0.15, 0.2) is 0 Å². The van der Waals surface area contributed by atoms with Crippen LogP contribution in [0.5, 0.6) is 0 Å². The molecule has 2 N–H and O–H groups in total. The van der Waals surface area contributed by atoms with Crippen LogP contribution >= 0.6 is 0 Å². The minimum atomic E-state index is -0.312. The lowest BCUT2D eigenvalue weighted by Crippen LogP contribution is -2.37. The molecule has 1 saturated carbocycles. The molecule has 30 heavy (non-hydrogen) atoms. The van der Waals surface area contributed by atoms with Gasteiger partial charge in [0.25, 0.3) is 5.91 Å². The highest BCUT2D eigenvalue weighted by molar-refractivity contribution is 6.10. The number of nitrogens with one attached hydrogen (secondary N) is 2. The fourth-order valence-electron chi connectivity index (χ4n) is 4.17. The SMILES string of the molecule is CC(C)NC(=O)[C@H]1CC[C@H](c2ccc(NC(=O)c3onc4ccccc34)cc2)CC1. The van der Waals surface area contributed by atoms with E-state index in [0.717, 1.165) is 25.7 Å². The van der Waals surface area contributed by atoms with Crippen LogP contribution < -0.4 is 10.6 Å². The summed E-state index contributed by atoms with van der Waals surface area (Å²) in [7, 11) is 0. The molecule has 6 nitrogen and oxygen atoms in total. The Balaban J connectivity index is 1.35. The van der Waals surface area contributed by atoms with Crippen molar-refractivity contribution in [2.24, 2.45) is 5.92 Å². The van der Waals surface area contributed by atoms with Gasteiger partial charge in [0.1, 0.15) is 5.52 Å². The number of anilines is 1. The van der Waals surface area contributed by atoms with Crippen molar-refractivity contribution in [1.82, 2.24) is 10.5 Å². The summed E-state index contributed by atoms with van der Waals surface area (Å²) in [4.78, 5) is 24.8. The summed E-state index contributed by atoms with van der Waals surface area (Å²) in [5.74, 6) is 0.664. The lowest BCUT2D eigenvalue weighted by molar-refractivity contribution is -0.126. The van der Waals surface area contributed by atoms with Gasteiger partial charge in [-0.15, -0.1) is 0 Å². The Hall–Kier alpha value is -3.15. The second kappa shape index (κ2) is 8.69. The molecule has 156 valence electrons. The molecule has 2 aromatic carbocycles. The maximum atomic E-state index is 12.6. The zero-order chi connectivity index (χ0) is 21.1. The van der Waals surface area contributed by atoms with Crippen LogP contribution in [0.3, 0.4) is 0 Å². The second-order valence-electron chi connectivity index (χ2n) is 8.32. The smallest absolute Gasteiger partial charge is 0.294 e. The molecule has 1 aromatic heterocycles. The molecule has 1 fully saturated rings. The lowest BCUT2D eigenvalue weighted by Gasteiger charge is -2.28. The van der Waals surface area contributed by atoms with Gasteiger partial charge in [-0.2, -0.15) is 0 Å². The first kappa shape index (κ1) is 20.1. The molecule has 3 aromatic rings. The quantitative estimate of drug-likeness (QED) is 0.634. The fraction of sp³-hybridized carbons (Fsp3) is 0.375. The Labute approximate surface area is 176 Å². The number of nitrogens with zero attached hydrogens (tertiary/aromatic N) is 1. The number of aromatic nitrogens is 1. The van der Waals surface area contributed by atoms with Crippen LogP contribution in [0.4, 0.5) is 5.69 Å². The van der Waals surface area contributed by atoms with Gasteiger partial charge < -0.3 is 15.2 Å². The molecular formula is C24H27N3O3. The van der Waals surface area contributed by atoms with Gasteiger partial charge in [0, 0.05) is 17.6 Å². The highest BCUT2D eigenvalue weighted by Crippen LogP contribution is 2.36. The maximum absolute atomic E-state index is 12.6. The molecule has 1 heterocycles. The average Bonchev–Trinajstić information content (AvgIpc) is 3.18. The molecule has 6 heteroatoms. The molecule has 1 aliphatic rings. The van der Waals surface area contributed by atoms with Crippen molar-refractivity contribution in [1.29, 1.82) is 0 Å². The molecule has 0 bridgehead atoms. The maximum Gasteiger partial charge on any atom is 0.294 e. The third-order valence-corrected chi connectivity index (χ3v) is 5.76. The van der Waals surface area contributed by atoms with Crippen molar-refractivity contribution in [3.8, 4) is 0 Å². The summed E-state index contributed by atoms with van der Waals surface area (Å²) in [5.41, 5.74) is 2.63. The second-order valence-corrected chi connectivity index (χ2v) is 8.32. The Kier molecular flexibility index (Phi) is 5.84. The normalized spacial score (nSPS) is 19.0. The molecule has 0 saturated heterocycles. The molecule has 2 amide bonds. The van der Waals surface area contributed by atoms with Crippen LogP contribution in [0.2, 0.25) is 0 Å². The third kappa shape index (κ3) is 4.37. The van der Waals surface area contributed by atoms with Crippen molar-refractivity contribution in [3.63, 3.8) is 0 Å². The van der Waals surface area contributed by atoms with Gasteiger partial charge >= 0.3 is 0 Å². The first-order valence-corrected chi connectivity index (χ1v) is 10.6. The van der Waals surface area contributed by atoms with Crippen molar-refractivity contribution in [2.75, 3.05) is 5.32 Å². The first-order chi connectivity index (χ1) is 14.5. The van der Waals surface area contributed by atoms with Crippen LogP contribution in [0, 0.1) is 5.92 Å². The average molecular weight is 405 g/mol. The van der Waals surface area contributed by atoms with Gasteiger partial charge in [-0.3, -0.25) is 9.59 Å². The van der Waals surface area contributed by atoms with Crippen molar-refractivity contribution >= 4 is 28.4 Å². The van der Waals surface area contributed by atoms with Crippen molar-refractivity contribution in [2.45, 2.75) is 51.5 Å². The largest absolute Gasteiger partial charge is 0.354 e. The molecule has 0 unspecified atom stereocenters. The monoisotopic (exact) mass is 405 g/mol. The predicted octanol–water partition coefficient (Wildman–Crippen LogP) is 4.88. The third-order valence-electron chi connectivity index (χ3n) is 5.76. The molecule has 1 aliphatic carbocycles. The van der Waals surface area contributed by atoms with E-state index >= 15 is 0 Å². The highest BCUT2D eigenvalue weighted by atomic mass is 16.5.